The highest BCUT2D eigenvalue weighted by atomic mass is 19.1. The zero-order chi connectivity index (χ0) is 24.3. The van der Waals surface area contributed by atoms with E-state index in [0.29, 0.717) is 29.8 Å². The van der Waals surface area contributed by atoms with Crippen LogP contribution in [-0.4, -0.2) is 31.6 Å². The number of amides is 1. The monoisotopic (exact) mass is 478 g/mol. The van der Waals surface area contributed by atoms with Gasteiger partial charge < -0.3 is 9.32 Å². The number of piperidine rings is 1. The molecule has 0 radical (unpaired) electrons. The van der Waals surface area contributed by atoms with E-state index >= 15 is 0 Å². The molecule has 2 bridgehead atoms. The van der Waals surface area contributed by atoms with Crippen LogP contribution in [0, 0.1) is 17.5 Å². The second-order valence-corrected chi connectivity index (χ2v) is 9.01. The summed E-state index contributed by atoms with van der Waals surface area (Å²) in [6.45, 7) is 0. The van der Waals surface area contributed by atoms with Gasteiger partial charge in [0.05, 0.1) is 34.8 Å². The number of rotatable bonds is 3. The van der Waals surface area contributed by atoms with Gasteiger partial charge in [0.2, 0.25) is 5.89 Å². The molecule has 2 aromatic carbocycles. The van der Waals surface area contributed by atoms with Gasteiger partial charge in [0.1, 0.15) is 23.7 Å². The van der Waals surface area contributed by atoms with Gasteiger partial charge in [0.25, 0.3) is 5.91 Å². The summed E-state index contributed by atoms with van der Waals surface area (Å²) in [7, 11) is 1.74. The molecule has 6 nitrogen and oxygen atoms in total. The van der Waals surface area contributed by atoms with Gasteiger partial charge in [-0.25, -0.2) is 18.2 Å². The highest BCUT2D eigenvalue weighted by Crippen LogP contribution is 2.45. The maximum absolute atomic E-state index is 14.8. The number of aromatic nitrogens is 3. The van der Waals surface area contributed by atoms with Crippen LogP contribution in [0.1, 0.15) is 46.9 Å². The zero-order valence-electron chi connectivity index (χ0n) is 18.8. The van der Waals surface area contributed by atoms with Crippen LogP contribution in [-0.2, 0) is 13.5 Å². The lowest BCUT2D eigenvalue weighted by Gasteiger charge is -2.45. The predicted molar refractivity (Wildman–Crippen MR) is 121 cm³/mol. The Balaban J connectivity index is 1.45. The Morgan fingerprint density at radius 1 is 1.11 bits per heavy atom. The van der Waals surface area contributed by atoms with Gasteiger partial charge in [-0.05, 0) is 49.9 Å². The summed E-state index contributed by atoms with van der Waals surface area (Å²) in [6.07, 6.45) is 5.59. The smallest absolute Gasteiger partial charge is 0.255 e. The number of hydrogen-bond donors (Lipinski definition) is 0. The third-order valence-corrected chi connectivity index (χ3v) is 6.94. The minimum Gasteiger partial charge on any atom is -0.444 e. The van der Waals surface area contributed by atoms with Crippen molar-refractivity contribution in [2.24, 2.45) is 7.05 Å². The van der Waals surface area contributed by atoms with Gasteiger partial charge in [0.15, 0.2) is 0 Å². The molecule has 4 aromatic rings. The van der Waals surface area contributed by atoms with Crippen molar-refractivity contribution in [3.63, 3.8) is 0 Å². The molecule has 4 heterocycles. The van der Waals surface area contributed by atoms with Crippen LogP contribution in [0.3, 0.4) is 0 Å². The molecular weight excluding hydrogens is 457 g/mol. The average Bonchev–Trinajstić information content (AvgIpc) is 3.45. The van der Waals surface area contributed by atoms with E-state index < -0.39 is 17.5 Å². The van der Waals surface area contributed by atoms with Crippen LogP contribution in [0.25, 0.3) is 22.7 Å². The van der Waals surface area contributed by atoms with E-state index in [2.05, 4.69) is 4.98 Å². The molecule has 0 N–H and O–H groups in total. The Kier molecular flexibility index (Phi) is 5.01. The number of fused-ring (bicyclic) bond motifs is 4. The Bertz CT molecular complexity index is 1430. The van der Waals surface area contributed by atoms with Crippen LogP contribution >= 0.6 is 0 Å². The normalized spacial score (nSPS) is 19.0. The van der Waals surface area contributed by atoms with Gasteiger partial charge in [-0.3, -0.25) is 9.48 Å². The van der Waals surface area contributed by atoms with E-state index in [1.54, 1.807) is 22.7 Å². The number of nitrogens with zero attached hydrogens (tertiary/aromatic N) is 4. The van der Waals surface area contributed by atoms with E-state index in [4.69, 9.17) is 9.52 Å². The quantitative estimate of drug-likeness (QED) is 0.393. The Hall–Kier alpha value is -3.88. The molecule has 1 amide bonds. The first-order valence-electron chi connectivity index (χ1n) is 11.5. The van der Waals surface area contributed by atoms with E-state index in [-0.39, 0.29) is 35.0 Å². The summed E-state index contributed by atoms with van der Waals surface area (Å²) in [5.41, 5.74) is 2.87. The molecule has 0 saturated carbocycles. The molecular formula is C26H21F3N4O2. The summed E-state index contributed by atoms with van der Waals surface area (Å²) in [5, 5.41) is 4.70. The molecule has 2 aliphatic rings. The van der Waals surface area contributed by atoms with Crippen LogP contribution in [0.5, 0.6) is 0 Å². The van der Waals surface area contributed by atoms with Gasteiger partial charge in [-0.1, -0.05) is 6.07 Å². The SMILES string of the molecule is Cn1nc2c(c1-c1cc(F)cc(F)c1)C[C@@H]1CCC[C@H]2N1C(=O)c1cccc(F)c1-c1ncco1. The van der Waals surface area contributed by atoms with Crippen LogP contribution in [0.4, 0.5) is 13.2 Å². The summed E-state index contributed by atoms with van der Waals surface area (Å²) in [5.74, 6) is -2.18. The summed E-state index contributed by atoms with van der Waals surface area (Å²) in [6, 6.07) is 7.29. The second kappa shape index (κ2) is 8.11. The second-order valence-electron chi connectivity index (χ2n) is 9.01. The third kappa shape index (κ3) is 3.45. The highest BCUT2D eigenvalue weighted by Gasteiger charge is 2.44. The summed E-state index contributed by atoms with van der Waals surface area (Å²) >= 11 is 0. The predicted octanol–water partition coefficient (Wildman–Crippen LogP) is 5.45. The van der Waals surface area contributed by atoms with Crippen molar-refractivity contribution in [3.8, 4) is 22.7 Å². The van der Waals surface area contributed by atoms with Gasteiger partial charge in [-0.15, -0.1) is 0 Å². The molecule has 1 saturated heterocycles. The molecule has 2 atom stereocenters. The zero-order valence-corrected chi connectivity index (χ0v) is 18.8. The van der Waals surface area contributed by atoms with E-state index in [1.165, 1.54) is 36.7 Å². The number of carbonyl (C=O) groups excluding carboxylic acids is 1. The number of oxazole rings is 1. The average molecular weight is 478 g/mol. The first-order chi connectivity index (χ1) is 16.9. The maximum atomic E-state index is 14.8. The molecule has 2 aromatic heterocycles. The topological polar surface area (TPSA) is 64.2 Å². The van der Waals surface area contributed by atoms with Gasteiger partial charge >= 0.3 is 0 Å². The molecule has 0 unspecified atom stereocenters. The van der Waals surface area contributed by atoms with Crippen LogP contribution in [0.15, 0.2) is 53.3 Å². The van der Waals surface area contributed by atoms with Crippen molar-refractivity contribution < 1.29 is 22.4 Å². The Morgan fingerprint density at radius 3 is 2.66 bits per heavy atom. The van der Waals surface area contributed by atoms with Crippen molar-refractivity contribution in [2.75, 3.05) is 0 Å². The first-order valence-corrected chi connectivity index (χ1v) is 11.5. The highest BCUT2D eigenvalue weighted by molar-refractivity contribution is 6.00. The number of benzene rings is 2. The van der Waals surface area contributed by atoms with Crippen molar-refractivity contribution in [2.45, 2.75) is 37.8 Å². The number of halogens is 3. The Morgan fingerprint density at radius 2 is 1.91 bits per heavy atom. The number of hydrogen-bond acceptors (Lipinski definition) is 4. The van der Waals surface area contributed by atoms with Crippen molar-refractivity contribution in [1.82, 2.24) is 19.7 Å². The molecule has 0 spiro atoms. The molecule has 1 fully saturated rings. The van der Waals surface area contributed by atoms with Crippen molar-refractivity contribution in [3.05, 3.63) is 83.1 Å². The van der Waals surface area contributed by atoms with Crippen molar-refractivity contribution >= 4 is 5.91 Å². The summed E-state index contributed by atoms with van der Waals surface area (Å²) < 4.78 is 49.8. The standard InChI is InChI=1S/C26H21F3N4O2/c1-32-24(14-10-15(27)12-16(28)11-14)19-13-17-4-2-7-21(23(19)31-32)33(17)26(34)18-5-3-6-20(29)22(18)25-30-8-9-35-25/h3,5-6,8-12,17,21H,2,4,7,13H2,1H3/t17-,21+/m0/s1. The number of carbonyl (C=O) groups is 1. The molecule has 2 aliphatic heterocycles. The Labute approximate surface area is 199 Å². The minimum atomic E-state index is -0.659. The lowest BCUT2D eigenvalue weighted by Crippen LogP contribution is -2.50. The fraction of sp³-hybridized carbons (Fsp3) is 0.269. The molecule has 0 aliphatic carbocycles. The van der Waals surface area contributed by atoms with E-state index in [0.717, 1.165) is 24.5 Å². The molecule has 35 heavy (non-hydrogen) atoms. The van der Waals surface area contributed by atoms with Crippen LogP contribution < -0.4 is 0 Å². The van der Waals surface area contributed by atoms with Crippen molar-refractivity contribution in [1.29, 1.82) is 0 Å². The third-order valence-electron chi connectivity index (χ3n) is 6.94. The maximum Gasteiger partial charge on any atom is 0.255 e. The van der Waals surface area contributed by atoms with Crippen LogP contribution in [0.2, 0.25) is 0 Å². The van der Waals surface area contributed by atoms with E-state index in [9.17, 15) is 18.0 Å². The number of aryl methyl sites for hydroxylation is 1. The molecule has 9 heteroatoms. The fourth-order valence-electron chi connectivity index (χ4n) is 5.61. The lowest BCUT2D eigenvalue weighted by atomic mass is 9.81. The minimum absolute atomic E-state index is 0.0308. The van der Waals surface area contributed by atoms with Gasteiger partial charge in [-0.2, -0.15) is 5.10 Å². The van der Waals surface area contributed by atoms with Gasteiger partial charge in [0, 0.05) is 30.3 Å². The largest absolute Gasteiger partial charge is 0.444 e. The summed E-state index contributed by atoms with van der Waals surface area (Å²) in [4.78, 5) is 19.7. The lowest BCUT2D eigenvalue weighted by molar-refractivity contribution is 0.0392. The molecule has 6 rings (SSSR count). The first kappa shape index (κ1) is 21.6. The van der Waals surface area contributed by atoms with E-state index in [1.807, 2.05) is 0 Å². The molecule has 178 valence electrons. The fourth-order valence-corrected chi connectivity index (χ4v) is 5.61.